The Hall–Kier alpha value is -1.48. The van der Waals surface area contributed by atoms with Crippen molar-refractivity contribution in [1.82, 2.24) is 9.62 Å². The van der Waals surface area contributed by atoms with Gasteiger partial charge in [0, 0.05) is 38.9 Å². The molecule has 3 N–H and O–H groups in total. The molecule has 0 bridgehead atoms. The molecule has 1 amide bonds. The van der Waals surface area contributed by atoms with E-state index in [0.29, 0.717) is 24.9 Å². The predicted molar refractivity (Wildman–Crippen MR) is 86.6 cm³/mol. The highest BCUT2D eigenvalue weighted by molar-refractivity contribution is 7.89. The Labute approximate surface area is 136 Å². The van der Waals surface area contributed by atoms with Crippen LogP contribution >= 0.6 is 0 Å². The van der Waals surface area contributed by atoms with Crippen LogP contribution in [0.15, 0.2) is 29.2 Å². The summed E-state index contributed by atoms with van der Waals surface area (Å²) in [5, 5.41) is 2.50. The molecule has 0 radical (unpaired) electrons. The fourth-order valence-electron chi connectivity index (χ4n) is 2.79. The number of ether oxygens (including phenoxy) is 1. The van der Waals surface area contributed by atoms with Gasteiger partial charge in [0.05, 0.1) is 11.0 Å². The monoisotopic (exact) mass is 341 g/mol. The normalized spacial score (nSPS) is 22.7. The van der Waals surface area contributed by atoms with Gasteiger partial charge in [0.15, 0.2) is 0 Å². The number of piperidine rings is 1. The third kappa shape index (κ3) is 3.72. The molecule has 1 fully saturated rings. The van der Waals surface area contributed by atoms with Crippen molar-refractivity contribution in [3.8, 4) is 0 Å². The molecule has 2 rings (SSSR count). The van der Waals surface area contributed by atoms with E-state index in [1.54, 1.807) is 7.11 Å². The highest BCUT2D eigenvalue weighted by Crippen LogP contribution is 2.26. The smallest absolute Gasteiger partial charge is 0.251 e. The second-order valence-corrected chi connectivity index (χ2v) is 7.38. The lowest BCUT2D eigenvalue weighted by Gasteiger charge is -2.37. The molecule has 2 unspecified atom stereocenters. The second kappa shape index (κ2) is 7.39. The molecule has 8 heteroatoms. The van der Waals surface area contributed by atoms with E-state index in [1.165, 1.54) is 35.6 Å². The Morgan fingerprint density at radius 2 is 2.04 bits per heavy atom. The minimum absolute atomic E-state index is 0.0330. The lowest BCUT2D eigenvalue weighted by Crippen LogP contribution is -2.51. The molecule has 1 aliphatic rings. The van der Waals surface area contributed by atoms with Gasteiger partial charge in [-0.05, 0) is 37.1 Å². The standard InChI is InChI=1S/C15H23N3O4S/c1-17-15(19)11-3-5-14(6-4-11)23(20,21)18-8-7-13(22-2)9-12(18)10-16/h3-6,12-13H,7-10,16H2,1-2H3,(H,17,19). The van der Waals surface area contributed by atoms with Gasteiger partial charge < -0.3 is 15.8 Å². The summed E-state index contributed by atoms with van der Waals surface area (Å²) < 4.78 is 32.4. The molecule has 0 aromatic heterocycles. The molecule has 0 spiro atoms. The number of rotatable bonds is 5. The molecular formula is C15H23N3O4S. The second-order valence-electron chi connectivity index (χ2n) is 5.49. The number of nitrogens with two attached hydrogens (primary N) is 1. The number of amides is 1. The van der Waals surface area contributed by atoms with E-state index in [1.807, 2.05) is 0 Å². The van der Waals surface area contributed by atoms with Crippen molar-refractivity contribution >= 4 is 15.9 Å². The van der Waals surface area contributed by atoms with Crippen LogP contribution in [-0.2, 0) is 14.8 Å². The van der Waals surface area contributed by atoms with E-state index in [-0.39, 0.29) is 29.5 Å². The van der Waals surface area contributed by atoms with Crippen LogP contribution in [0.25, 0.3) is 0 Å². The number of methoxy groups -OCH3 is 1. The molecule has 1 aromatic carbocycles. The highest BCUT2D eigenvalue weighted by Gasteiger charge is 2.36. The van der Waals surface area contributed by atoms with Crippen LogP contribution in [0.1, 0.15) is 23.2 Å². The molecule has 1 saturated heterocycles. The molecule has 128 valence electrons. The summed E-state index contributed by atoms with van der Waals surface area (Å²) in [6.07, 6.45) is 1.26. The molecule has 0 saturated carbocycles. The first-order chi connectivity index (χ1) is 10.9. The van der Waals surface area contributed by atoms with E-state index in [4.69, 9.17) is 10.5 Å². The molecule has 1 aliphatic heterocycles. The SMILES string of the molecule is CNC(=O)c1ccc(S(=O)(=O)N2CCC(OC)CC2CN)cc1. The quantitative estimate of drug-likeness (QED) is 0.795. The summed E-state index contributed by atoms with van der Waals surface area (Å²) in [5.41, 5.74) is 6.17. The molecule has 2 atom stereocenters. The third-order valence-corrected chi connectivity index (χ3v) is 6.14. The van der Waals surface area contributed by atoms with Crippen molar-refractivity contribution in [3.05, 3.63) is 29.8 Å². The number of carbonyl (C=O) groups is 1. The van der Waals surface area contributed by atoms with Gasteiger partial charge in [-0.25, -0.2) is 8.42 Å². The van der Waals surface area contributed by atoms with Crippen LogP contribution in [0.5, 0.6) is 0 Å². The molecule has 1 aromatic rings. The summed E-state index contributed by atoms with van der Waals surface area (Å²) in [5.74, 6) is -0.255. The summed E-state index contributed by atoms with van der Waals surface area (Å²) >= 11 is 0. The van der Waals surface area contributed by atoms with Gasteiger partial charge in [0.25, 0.3) is 5.91 Å². The summed E-state index contributed by atoms with van der Waals surface area (Å²) in [6.45, 7) is 0.620. The number of hydrogen-bond acceptors (Lipinski definition) is 5. The fourth-order valence-corrected chi connectivity index (χ4v) is 4.46. The maximum absolute atomic E-state index is 12.8. The van der Waals surface area contributed by atoms with Crippen LogP contribution in [0.2, 0.25) is 0 Å². The number of sulfonamides is 1. The number of carbonyl (C=O) groups excluding carboxylic acids is 1. The maximum atomic E-state index is 12.8. The molecule has 7 nitrogen and oxygen atoms in total. The van der Waals surface area contributed by atoms with Crippen molar-refractivity contribution in [2.24, 2.45) is 5.73 Å². The average molecular weight is 341 g/mol. The van der Waals surface area contributed by atoms with Crippen molar-refractivity contribution in [2.75, 3.05) is 27.2 Å². The minimum Gasteiger partial charge on any atom is -0.381 e. The first-order valence-electron chi connectivity index (χ1n) is 7.51. The summed E-state index contributed by atoms with van der Waals surface area (Å²) in [7, 11) is -0.487. The van der Waals surface area contributed by atoms with E-state index in [0.717, 1.165) is 0 Å². The van der Waals surface area contributed by atoms with E-state index in [2.05, 4.69) is 5.32 Å². The van der Waals surface area contributed by atoms with Gasteiger partial charge in [-0.3, -0.25) is 4.79 Å². The zero-order valence-electron chi connectivity index (χ0n) is 13.4. The average Bonchev–Trinajstić information content (AvgIpc) is 2.60. The number of benzene rings is 1. The molecule has 0 aliphatic carbocycles. The van der Waals surface area contributed by atoms with Crippen molar-refractivity contribution in [3.63, 3.8) is 0 Å². The van der Waals surface area contributed by atoms with Gasteiger partial charge in [-0.2, -0.15) is 4.31 Å². The van der Waals surface area contributed by atoms with Gasteiger partial charge >= 0.3 is 0 Å². The third-order valence-electron chi connectivity index (χ3n) is 4.17. The van der Waals surface area contributed by atoms with Crippen molar-refractivity contribution < 1.29 is 17.9 Å². The van der Waals surface area contributed by atoms with Crippen LogP contribution in [0, 0.1) is 0 Å². The topological polar surface area (TPSA) is 102 Å². The summed E-state index contributed by atoms with van der Waals surface area (Å²) in [6, 6.07) is 5.64. The lowest BCUT2D eigenvalue weighted by atomic mass is 10.0. The van der Waals surface area contributed by atoms with E-state index in [9.17, 15) is 13.2 Å². The van der Waals surface area contributed by atoms with Crippen LogP contribution in [0.3, 0.4) is 0 Å². The number of hydrogen-bond donors (Lipinski definition) is 2. The molecule has 1 heterocycles. The fraction of sp³-hybridized carbons (Fsp3) is 0.533. The molecular weight excluding hydrogens is 318 g/mol. The Morgan fingerprint density at radius 1 is 1.39 bits per heavy atom. The van der Waals surface area contributed by atoms with Crippen molar-refractivity contribution in [1.29, 1.82) is 0 Å². The first kappa shape index (κ1) is 17.9. The van der Waals surface area contributed by atoms with E-state index < -0.39 is 10.0 Å². The van der Waals surface area contributed by atoms with Crippen LogP contribution in [-0.4, -0.2) is 58.0 Å². The van der Waals surface area contributed by atoms with E-state index >= 15 is 0 Å². The largest absolute Gasteiger partial charge is 0.381 e. The van der Waals surface area contributed by atoms with Crippen LogP contribution < -0.4 is 11.1 Å². The van der Waals surface area contributed by atoms with Crippen molar-refractivity contribution in [2.45, 2.75) is 29.9 Å². The Bertz CT molecular complexity index is 645. The Kier molecular flexibility index (Phi) is 5.74. The zero-order chi connectivity index (χ0) is 17.0. The minimum atomic E-state index is -3.64. The summed E-state index contributed by atoms with van der Waals surface area (Å²) in [4.78, 5) is 11.7. The van der Waals surface area contributed by atoms with Gasteiger partial charge in [-0.15, -0.1) is 0 Å². The number of nitrogens with one attached hydrogen (secondary N) is 1. The predicted octanol–water partition coefficient (Wildman–Crippen LogP) is 0.173. The number of nitrogens with zero attached hydrogens (tertiary/aromatic N) is 1. The maximum Gasteiger partial charge on any atom is 0.251 e. The van der Waals surface area contributed by atoms with Crippen LogP contribution in [0.4, 0.5) is 0 Å². The van der Waals surface area contributed by atoms with Gasteiger partial charge in [-0.1, -0.05) is 0 Å². The lowest BCUT2D eigenvalue weighted by molar-refractivity contribution is 0.0401. The van der Waals surface area contributed by atoms with Gasteiger partial charge in [0.1, 0.15) is 0 Å². The zero-order valence-corrected chi connectivity index (χ0v) is 14.2. The molecule has 23 heavy (non-hydrogen) atoms. The van der Waals surface area contributed by atoms with Gasteiger partial charge in [0.2, 0.25) is 10.0 Å². The Morgan fingerprint density at radius 3 is 2.57 bits per heavy atom. The Balaban J connectivity index is 2.25. The highest BCUT2D eigenvalue weighted by atomic mass is 32.2. The first-order valence-corrected chi connectivity index (χ1v) is 8.95.